The Balaban J connectivity index is 2.03. The zero-order valence-electron chi connectivity index (χ0n) is 12.5. The Labute approximate surface area is 128 Å². The molecule has 7 nitrogen and oxygen atoms in total. The maximum Gasteiger partial charge on any atom is 0.312 e. The van der Waals surface area contributed by atoms with Crippen LogP contribution in [0.1, 0.15) is 12.7 Å². The van der Waals surface area contributed by atoms with Crippen molar-refractivity contribution < 1.29 is 12.8 Å². The summed E-state index contributed by atoms with van der Waals surface area (Å²) >= 11 is 0. The molecule has 0 atom stereocenters. The highest BCUT2D eigenvalue weighted by molar-refractivity contribution is 7.92. The molecule has 1 aromatic carbocycles. The SMILES string of the molecule is CCn1cc(S(=O)(=O)N(C)c2nc3ccccc3o2)nc1C. The number of aryl methyl sites for hydroxylation is 2. The molecule has 0 aliphatic rings. The predicted molar refractivity (Wildman–Crippen MR) is 82.2 cm³/mol. The van der Waals surface area contributed by atoms with E-state index in [9.17, 15) is 8.42 Å². The molecule has 116 valence electrons. The lowest BCUT2D eigenvalue weighted by atomic mass is 10.3. The molecule has 0 saturated carbocycles. The average molecular weight is 320 g/mol. The molecule has 0 N–H and O–H groups in total. The van der Waals surface area contributed by atoms with Gasteiger partial charge in [0.1, 0.15) is 11.3 Å². The summed E-state index contributed by atoms with van der Waals surface area (Å²) in [6.07, 6.45) is 1.52. The van der Waals surface area contributed by atoms with Crippen molar-refractivity contribution in [2.45, 2.75) is 25.4 Å². The topological polar surface area (TPSA) is 81.2 Å². The fraction of sp³-hybridized carbons (Fsp3) is 0.286. The molecule has 0 amide bonds. The molecule has 0 radical (unpaired) electrons. The van der Waals surface area contributed by atoms with Gasteiger partial charge < -0.3 is 8.98 Å². The minimum absolute atomic E-state index is 0.0170. The van der Waals surface area contributed by atoms with Gasteiger partial charge in [-0.3, -0.25) is 0 Å². The normalized spacial score (nSPS) is 12.0. The second-order valence-electron chi connectivity index (χ2n) is 4.85. The molecule has 3 aromatic rings. The van der Waals surface area contributed by atoms with Crippen LogP contribution in [0, 0.1) is 6.92 Å². The number of oxazole rings is 1. The van der Waals surface area contributed by atoms with Crippen molar-refractivity contribution in [3.05, 3.63) is 36.3 Å². The molecule has 0 fully saturated rings. The Bertz CT molecular complexity index is 894. The van der Waals surface area contributed by atoms with E-state index in [2.05, 4.69) is 9.97 Å². The Morgan fingerprint density at radius 1 is 1.27 bits per heavy atom. The summed E-state index contributed by atoms with van der Waals surface area (Å²) in [7, 11) is -2.40. The Hall–Kier alpha value is -2.35. The molecular formula is C14H16N4O3S. The largest absolute Gasteiger partial charge is 0.423 e. The van der Waals surface area contributed by atoms with Gasteiger partial charge in [0.2, 0.25) is 0 Å². The molecule has 0 spiro atoms. The predicted octanol–water partition coefficient (Wildman–Crippen LogP) is 2.18. The maximum absolute atomic E-state index is 12.6. The second-order valence-corrected chi connectivity index (χ2v) is 6.77. The molecule has 0 aliphatic carbocycles. The Kier molecular flexibility index (Phi) is 3.40. The fourth-order valence-electron chi connectivity index (χ4n) is 2.16. The van der Waals surface area contributed by atoms with Gasteiger partial charge in [-0.25, -0.2) is 9.29 Å². The van der Waals surface area contributed by atoms with Crippen molar-refractivity contribution in [3.63, 3.8) is 0 Å². The third kappa shape index (κ3) is 2.25. The second kappa shape index (κ2) is 5.13. The number of hydrogen-bond donors (Lipinski definition) is 0. The van der Waals surface area contributed by atoms with E-state index in [1.807, 2.05) is 13.0 Å². The number of anilines is 1. The number of para-hydroxylation sites is 2. The highest BCUT2D eigenvalue weighted by atomic mass is 32.2. The number of fused-ring (bicyclic) bond motifs is 1. The molecule has 0 aliphatic heterocycles. The van der Waals surface area contributed by atoms with Gasteiger partial charge in [-0.05, 0) is 26.0 Å². The van der Waals surface area contributed by atoms with Crippen LogP contribution in [0.5, 0.6) is 0 Å². The number of hydrogen-bond acceptors (Lipinski definition) is 5. The lowest BCUT2D eigenvalue weighted by molar-refractivity contribution is 0.571. The van der Waals surface area contributed by atoms with E-state index in [1.54, 1.807) is 29.7 Å². The Morgan fingerprint density at radius 3 is 2.64 bits per heavy atom. The molecule has 2 aromatic heterocycles. The molecule has 0 unspecified atom stereocenters. The summed E-state index contributed by atoms with van der Waals surface area (Å²) in [5.74, 6) is 0.645. The van der Waals surface area contributed by atoms with Gasteiger partial charge in [-0.2, -0.15) is 13.4 Å². The molecule has 0 bridgehead atoms. The van der Waals surface area contributed by atoms with Crippen LogP contribution in [0.15, 0.2) is 39.9 Å². The van der Waals surface area contributed by atoms with Crippen LogP contribution in [-0.4, -0.2) is 30.0 Å². The van der Waals surface area contributed by atoms with Crippen LogP contribution in [-0.2, 0) is 16.6 Å². The molecule has 2 heterocycles. The van der Waals surface area contributed by atoms with Crippen molar-refractivity contribution in [2.24, 2.45) is 0 Å². The summed E-state index contributed by atoms with van der Waals surface area (Å²) < 4.78 is 33.6. The molecule has 0 saturated heterocycles. The maximum atomic E-state index is 12.6. The Morgan fingerprint density at radius 2 is 2.00 bits per heavy atom. The number of benzene rings is 1. The van der Waals surface area contributed by atoms with Crippen molar-refractivity contribution >= 4 is 27.1 Å². The highest BCUT2D eigenvalue weighted by Gasteiger charge is 2.28. The van der Waals surface area contributed by atoms with Crippen LogP contribution in [0.3, 0.4) is 0 Å². The first kappa shape index (κ1) is 14.6. The van der Waals surface area contributed by atoms with Gasteiger partial charge in [0.05, 0.1) is 0 Å². The zero-order valence-corrected chi connectivity index (χ0v) is 13.3. The van der Waals surface area contributed by atoms with Crippen LogP contribution in [0.2, 0.25) is 0 Å². The quantitative estimate of drug-likeness (QED) is 0.736. The van der Waals surface area contributed by atoms with Crippen LogP contribution in [0.25, 0.3) is 11.1 Å². The van der Waals surface area contributed by atoms with Crippen LogP contribution >= 0.6 is 0 Å². The first-order chi connectivity index (χ1) is 10.4. The third-order valence-electron chi connectivity index (χ3n) is 3.47. The standard InChI is InChI=1S/C14H16N4O3S/c1-4-18-9-13(15-10(18)2)22(19,20)17(3)14-16-11-7-5-6-8-12(11)21-14/h5-9H,4H2,1-3H3. The molecule has 3 rings (SSSR count). The third-order valence-corrected chi connectivity index (χ3v) is 5.07. The van der Waals surface area contributed by atoms with Gasteiger partial charge in [0.15, 0.2) is 10.6 Å². The highest BCUT2D eigenvalue weighted by Crippen LogP contribution is 2.25. The minimum Gasteiger partial charge on any atom is -0.423 e. The van der Waals surface area contributed by atoms with E-state index >= 15 is 0 Å². The first-order valence-corrected chi connectivity index (χ1v) is 8.25. The van der Waals surface area contributed by atoms with E-state index in [-0.39, 0.29) is 11.0 Å². The number of aromatic nitrogens is 3. The number of imidazole rings is 1. The first-order valence-electron chi connectivity index (χ1n) is 6.81. The van der Waals surface area contributed by atoms with Gasteiger partial charge in [0, 0.05) is 19.8 Å². The van der Waals surface area contributed by atoms with Gasteiger partial charge in [-0.1, -0.05) is 12.1 Å². The average Bonchev–Trinajstić information content (AvgIpc) is 3.09. The number of sulfonamides is 1. The number of nitrogens with zero attached hydrogens (tertiary/aromatic N) is 4. The van der Waals surface area contributed by atoms with Crippen molar-refractivity contribution in [3.8, 4) is 0 Å². The monoisotopic (exact) mass is 320 g/mol. The van der Waals surface area contributed by atoms with Crippen LogP contribution < -0.4 is 4.31 Å². The van der Waals surface area contributed by atoms with Crippen molar-refractivity contribution in [2.75, 3.05) is 11.4 Å². The van der Waals surface area contributed by atoms with Gasteiger partial charge >= 0.3 is 6.01 Å². The summed E-state index contributed by atoms with van der Waals surface area (Å²) in [6, 6.07) is 7.14. The van der Waals surface area contributed by atoms with Gasteiger partial charge in [0.25, 0.3) is 10.0 Å². The molecule has 8 heteroatoms. The lowest BCUT2D eigenvalue weighted by Gasteiger charge is -2.12. The van der Waals surface area contributed by atoms with Gasteiger partial charge in [-0.15, -0.1) is 0 Å². The zero-order chi connectivity index (χ0) is 15.9. The van der Waals surface area contributed by atoms with E-state index in [1.165, 1.54) is 13.2 Å². The summed E-state index contributed by atoms with van der Waals surface area (Å²) in [5.41, 5.74) is 1.14. The lowest BCUT2D eigenvalue weighted by Crippen LogP contribution is -2.27. The van der Waals surface area contributed by atoms with E-state index in [0.29, 0.717) is 23.5 Å². The van der Waals surface area contributed by atoms with Crippen molar-refractivity contribution in [1.29, 1.82) is 0 Å². The van der Waals surface area contributed by atoms with E-state index in [4.69, 9.17) is 4.42 Å². The van der Waals surface area contributed by atoms with Crippen molar-refractivity contribution in [1.82, 2.24) is 14.5 Å². The van der Waals surface area contributed by atoms with E-state index < -0.39 is 10.0 Å². The number of rotatable bonds is 4. The summed E-state index contributed by atoms with van der Waals surface area (Å²) in [6.45, 7) is 4.35. The fourth-order valence-corrected chi connectivity index (χ4v) is 3.23. The molecule has 22 heavy (non-hydrogen) atoms. The minimum atomic E-state index is -3.81. The molecular weight excluding hydrogens is 304 g/mol. The summed E-state index contributed by atoms with van der Waals surface area (Å²) in [4.78, 5) is 8.32. The van der Waals surface area contributed by atoms with E-state index in [0.717, 1.165) is 4.31 Å². The smallest absolute Gasteiger partial charge is 0.312 e. The summed E-state index contributed by atoms with van der Waals surface area (Å²) in [5, 5.41) is -0.0170. The van der Waals surface area contributed by atoms with Crippen LogP contribution in [0.4, 0.5) is 6.01 Å².